The summed E-state index contributed by atoms with van der Waals surface area (Å²) in [5, 5.41) is 3.31. The first-order chi connectivity index (χ1) is 12.4. The minimum Gasteiger partial charge on any atom is -0.474 e. The minimum absolute atomic E-state index is 0.123. The van der Waals surface area contributed by atoms with Gasteiger partial charge in [-0.15, -0.1) is 0 Å². The Morgan fingerprint density at radius 1 is 1.27 bits per heavy atom. The lowest BCUT2D eigenvalue weighted by Gasteiger charge is -2.22. The molecule has 2 aromatic rings. The highest BCUT2D eigenvalue weighted by molar-refractivity contribution is 5.86. The molecule has 2 aliphatic rings. The third-order valence-corrected chi connectivity index (χ3v) is 5.32. The summed E-state index contributed by atoms with van der Waals surface area (Å²) in [6.07, 6.45) is 0.123. The number of carbonyl (C=O) groups is 1. The Labute approximate surface area is 150 Å². The fourth-order valence-electron chi connectivity index (χ4n) is 3.45. The van der Waals surface area contributed by atoms with E-state index in [1.54, 1.807) is 31.2 Å². The molecule has 0 spiro atoms. The lowest BCUT2D eigenvalue weighted by Crippen LogP contribution is -2.46. The topological polar surface area (TPSA) is 103 Å². The fourth-order valence-corrected chi connectivity index (χ4v) is 3.45. The first kappa shape index (κ1) is 16.9. The van der Waals surface area contributed by atoms with E-state index in [2.05, 4.69) is 10.3 Å². The van der Waals surface area contributed by atoms with Crippen LogP contribution in [-0.4, -0.2) is 30.1 Å². The second-order valence-corrected chi connectivity index (χ2v) is 7.22. The number of benzene rings is 1. The zero-order valence-corrected chi connectivity index (χ0v) is 14.4. The molecule has 1 aromatic heterocycles. The average Bonchev–Trinajstić information content (AvgIpc) is 3.03. The number of ether oxygens (including phenoxy) is 1. The summed E-state index contributed by atoms with van der Waals surface area (Å²) in [6.45, 7) is 3.43. The Morgan fingerprint density at radius 3 is 2.54 bits per heavy atom. The van der Waals surface area contributed by atoms with Gasteiger partial charge in [-0.25, -0.2) is 9.37 Å². The Kier molecular flexibility index (Phi) is 3.93. The molecular weight excluding hydrogens is 335 g/mol. The predicted molar refractivity (Wildman–Crippen MR) is 94.6 cm³/mol. The molecule has 2 fully saturated rings. The van der Waals surface area contributed by atoms with Crippen molar-refractivity contribution in [1.82, 2.24) is 10.3 Å². The molecule has 4 rings (SSSR count). The number of nitrogens with zero attached hydrogens (tertiary/aromatic N) is 1. The summed E-state index contributed by atoms with van der Waals surface area (Å²) < 4.78 is 19.3. The van der Waals surface area contributed by atoms with Gasteiger partial charge in [0, 0.05) is 36.6 Å². The quantitative estimate of drug-likeness (QED) is 0.745. The minimum atomic E-state index is -1.36. The van der Waals surface area contributed by atoms with Crippen LogP contribution in [0.2, 0.25) is 0 Å². The molecule has 7 heteroatoms. The van der Waals surface area contributed by atoms with Crippen LogP contribution in [-0.2, 0) is 10.3 Å². The van der Waals surface area contributed by atoms with Gasteiger partial charge >= 0.3 is 0 Å². The number of pyridine rings is 1. The maximum atomic E-state index is 13.2. The van der Waals surface area contributed by atoms with Gasteiger partial charge in [0.25, 0.3) is 0 Å². The van der Waals surface area contributed by atoms with E-state index in [-0.39, 0.29) is 11.9 Å². The van der Waals surface area contributed by atoms with Gasteiger partial charge in [0.2, 0.25) is 11.8 Å². The van der Waals surface area contributed by atoms with Crippen molar-refractivity contribution in [3.8, 4) is 17.1 Å². The van der Waals surface area contributed by atoms with E-state index < -0.39 is 11.4 Å². The molecule has 1 aliphatic heterocycles. The second-order valence-electron chi connectivity index (χ2n) is 7.22. The Morgan fingerprint density at radius 2 is 1.92 bits per heavy atom. The highest BCUT2D eigenvalue weighted by Crippen LogP contribution is 2.44. The number of nitrogens with two attached hydrogens (primary N) is 2. The van der Waals surface area contributed by atoms with Crippen LogP contribution >= 0.6 is 0 Å². The number of fused-ring (bicyclic) bond motifs is 1. The van der Waals surface area contributed by atoms with Crippen LogP contribution in [0.4, 0.5) is 4.39 Å². The van der Waals surface area contributed by atoms with E-state index in [1.807, 2.05) is 0 Å². The molecule has 2 heterocycles. The Bertz CT molecular complexity index is 843. The number of amides is 1. The summed E-state index contributed by atoms with van der Waals surface area (Å²) in [7, 11) is 0. The number of nitrogens with one attached hydrogen (secondary N) is 1. The second kappa shape index (κ2) is 6.03. The fraction of sp³-hybridized carbons (Fsp3) is 0.368. The monoisotopic (exact) mass is 356 g/mol. The number of aromatic nitrogens is 1. The number of rotatable bonds is 5. The summed E-state index contributed by atoms with van der Waals surface area (Å²) in [5.74, 6) is 0.414. The smallest absolute Gasteiger partial charge is 0.241 e. The Hall–Kier alpha value is -2.51. The number of carbonyl (C=O) groups excluding carboxylic acids is 1. The van der Waals surface area contributed by atoms with Gasteiger partial charge in [-0.05, 0) is 42.8 Å². The van der Waals surface area contributed by atoms with Crippen LogP contribution in [0.5, 0.6) is 5.88 Å². The molecule has 26 heavy (non-hydrogen) atoms. The molecule has 5 N–H and O–H groups in total. The van der Waals surface area contributed by atoms with Crippen molar-refractivity contribution >= 4 is 5.91 Å². The van der Waals surface area contributed by atoms with Crippen LogP contribution in [0.15, 0.2) is 36.4 Å². The maximum Gasteiger partial charge on any atom is 0.241 e. The van der Waals surface area contributed by atoms with Crippen molar-refractivity contribution in [2.75, 3.05) is 13.1 Å². The summed E-state index contributed by atoms with van der Waals surface area (Å²) >= 11 is 0. The number of hydrogen-bond donors (Lipinski definition) is 3. The SMILES string of the molecule is CC(N)(C(N)=O)c1cc(O[C@H]2[C@@H]3CNC[C@@H]32)nc(-c2ccc(F)cc2)c1. The molecule has 1 amide bonds. The first-order valence-corrected chi connectivity index (χ1v) is 8.61. The van der Waals surface area contributed by atoms with Crippen LogP contribution in [0, 0.1) is 17.7 Å². The van der Waals surface area contributed by atoms with Gasteiger partial charge in [0.1, 0.15) is 17.5 Å². The number of piperidine rings is 1. The van der Waals surface area contributed by atoms with Gasteiger partial charge in [-0.2, -0.15) is 0 Å². The van der Waals surface area contributed by atoms with Crippen molar-refractivity contribution in [1.29, 1.82) is 0 Å². The van der Waals surface area contributed by atoms with E-state index in [0.717, 1.165) is 13.1 Å². The molecule has 1 aromatic carbocycles. The summed E-state index contributed by atoms with van der Waals surface area (Å²) in [4.78, 5) is 16.3. The van der Waals surface area contributed by atoms with Gasteiger partial charge in [0.15, 0.2) is 0 Å². The largest absolute Gasteiger partial charge is 0.474 e. The van der Waals surface area contributed by atoms with Crippen LogP contribution in [0.25, 0.3) is 11.3 Å². The molecule has 4 atom stereocenters. The molecule has 6 nitrogen and oxygen atoms in total. The van der Waals surface area contributed by atoms with E-state index in [0.29, 0.717) is 34.5 Å². The highest BCUT2D eigenvalue weighted by Gasteiger charge is 2.55. The molecule has 136 valence electrons. The zero-order valence-electron chi connectivity index (χ0n) is 14.4. The molecule has 1 saturated heterocycles. The molecule has 1 saturated carbocycles. The molecule has 1 aliphatic carbocycles. The summed E-state index contributed by atoms with van der Waals surface area (Å²) in [6, 6.07) is 9.32. The lowest BCUT2D eigenvalue weighted by atomic mass is 9.92. The normalized spacial score (nSPS) is 26.0. The van der Waals surface area contributed by atoms with Gasteiger partial charge in [-0.1, -0.05) is 0 Å². The third-order valence-electron chi connectivity index (χ3n) is 5.32. The Balaban J connectivity index is 1.71. The number of primary amides is 1. The predicted octanol–water partition coefficient (Wildman–Crippen LogP) is 1.14. The summed E-state index contributed by atoms with van der Waals surface area (Å²) in [5.41, 5.74) is 12.0. The van der Waals surface area contributed by atoms with Crippen LogP contribution < -0.4 is 21.5 Å². The maximum absolute atomic E-state index is 13.2. The zero-order chi connectivity index (χ0) is 18.5. The van der Waals surface area contributed by atoms with Crippen molar-refractivity contribution < 1.29 is 13.9 Å². The van der Waals surface area contributed by atoms with E-state index >= 15 is 0 Å². The van der Waals surface area contributed by atoms with Crippen LogP contribution in [0.1, 0.15) is 12.5 Å². The van der Waals surface area contributed by atoms with Crippen molar-refractivity contribution in [2.45, 2.75) is 18.6 Å². The molecular formula is C19H21FN4O2. The van der Waals surface area contributed by atoms with Gasteiger partial charge < -0.3 is 21.5 Å². The van der Waals surface area contributed by atoms with E-state index in [9.17, 15) is 9.18 Å². The van der Waals surface area contributed by atoms with E-state index in [4.69, 9.17) is 16.2 Å². The van der Waals surface area contributed by atoms with Gasteiger partial charge in [-0.3, -0.25) is 4.79 Å². The lowest BCUT2D eigenvalue weighted by molar-refractivity contribution is -0.122. The van der Waals surface area contributed by atoms with Crippen molar-refractivity contribution in [3.05, 3.63) is 47.8 Å². The van der Waals surface area contributed by atoms with Gasteiger partial charge in [0.05, 0.1) is 5.69 Å². The first-order valence-electron chi connectivity index (χ1n) is 8.61. The molecule has 0 bridgehead atoms. The highest BCUT2D eigenvalue weighted by atomic mass is 19.1. The molecule has 0 radical (unpaired) electrons. The number of hydrogen-bond acceptors (Lipinski definition) is 5. The average molecular weight is 356 g/mol. The van der Waals surface area contributed by atoms with Crippen molar-refractivity contribution in [2.24, 2.45) is 23.3 Å². The third kappa shape index (κ3) is 2.93. The van der Waals surface area contributed by atoms with E-state index in [1.165, 1.54) is 12.1 Å². The van der Waals surface area contributed by atoms with Crippen LogP contribution in [0.3, 0.4) is 0 Å². The molecule has 1 unspecified atom stereocenters. The van der Waals surface area contributed by atoms with Crippen molar-refractivity contribution in [3.63, 3.8) is 0 Å². The standard InChI is InChI=1S/C19H21FN4O2/c1-19(22,18(21)25)11-6-15(10-2-4-12(20)5-3-10)24-16(7-11)26-17-13-8-23-9-14(13)17/h2-7,13-14,17,23H,8-9,22H2,1H3,(H2,21,25)/t13-,14+,17+,19?. The number of halogens is 1.